The van der Waals surface area contributed by atoms with E-state index in [1.807, 2.05) is 11.8 Å². The van der Waals surface area contributed by atoms with Crippen LogP contribution < -0.4 is 5.32 Å². The summed E-state index contributed by atoms with van der Waals surface area (Å²) in [5, 5.41) is 3.72. The topological polar surface area (TPSA) is 12.0 Å². The third kappa shape index (κ3) is 3.52. The van der Waals surface area contributed by atoms with Gasteiger partial charge in [-0.15, -0.1) is 0 Å². The number of thioether (sulfide) groups is 1. The van der Waals surface area contributed by atoms with Crippen LogP contribution in [0.4, 0.5) is 0 Å². The van der Waals surface area contributed by atoms with Crippen LogP contribution in [0.5, 0.6) is 0 Å². The highest BCUT2D eigenvalue weighted by atomic mass is 32.2. The van der Waals surface area contributed by atoms with Crippen LogP contribution in [0.25, 0.3) is 0 Å². The Morgan fingerprint density at radius 2 is 2.22 bits per heavy atom. The molecular weight excluding hydrogens is 238 g/mol. The van der Waals surface area contributed by atoms with Crippen LogP contribution in [0.1, 0.15) is 43.2 Å². The standard InChI is InChI=1S/C16H25NS/c1-3-9-17-15(8-10-18-2)12-14-11-13-6-4-5-7-16(13)14/h4-7,14-15,17H,3,8-12H2,1-2H3. The molecular formula is C16H25NS. The van der Waals surface area contributed by atoms with Crippen molar-refractivity contribution in [3.8, 4) is 0 Å². The Labute approximate surface area is 116 Å². The van der Waals surface area contributed by atoms with Gasteiger partial charge in [0, 0.05) is 6.04 Å². The first kappa shape index (κ1) is 14.0. The molecule has 1 aliphatic rings. The molecule has 1 aromatic rings. The van der Waals surface area contributed by atoms with E-state index in [4.69, 9.17) is 0 Å². The fourth-order valence-electron chi connectivity index (χ4n) is 2.83. The number of benzene rings is 1. The normalized spacial score (nSPS) is 19.1. The lowest BCUT2D eigenvalue weighted by molar-refractivity contribution is 0.410. The lowest BCUT2D eigenvalue weighted by Crippen LogP contribution is -2.34. The minimum Gasteiger partial charge on any atom is -0.314 e. The maximum Gasteiger partial charge on any atom is 0.00808 e. The van der Waals surface area contributed by atoms with Crippen molar-refractivity contribution in [2.45, 2.75) is 44.6 Å². The summed E-state index contributed by atoms with van der Waals surface area (Å²) >= 11 is 1.96. The average molecular weight is 263 g/mol. The third-order valence-corrected chi connectivity index (χ3v) is 4.53. The van der Waals surface area contributed by atoms with Gasteiger partial charge in [0.2, 0.25) is 0 Å². The maximum atomic E-state index is 3.72. The maximum absolute atomic E-state index is 3.72. The molecule has 1 aliphatic carbocycles. The predicted octanol–water partition coefficient (Wildman–Crippen LogP) is 3.84. The van der Waals surface area contributed by atoms with E-state index in [1.165, 1.54) is 31.4 Å². The molecule has 0 saturated heterocycles. The van der Waals surface area contributed by atoms with Crippen molar-refractivity contribution < 1.29 is 0 Å². The number of fused-ring (bicyclic) bond motifs is 1. The van der Waals surface area contributed by atoms with Gasteiger partial charge < -0.3 is 5.32 Å². The first-order valence-electron chi connectivity index (χ1n) is 7.15. The van der Waals surface area contributed by atoms with E-state index >= 15 is 0 Å². The first-order chi connectivity index (χ1) is 8.85. The van der Waals surface area contributed by atoms with Crippen molar-refractivity contribution in [3.05, 3.63) is 35.4 Å². The van der Waals surface area contributed by atoms with E-state index in [2.05, 4.69) is 42.8 Å². The summed E-state index contributed by atoms with van der Waals surface area (Å²) in [4.78, 5) is 0. The first-order valence-corrected chi connectivity index (χ1v) is 8.54. The molecule has 1 N–H and O–H groups in total. The number of hydrogen-bond acceptors (Lipinski definition) is 2. The molecule has 2 rings (SSSR count). The van der Waals surface area contributed by atoms with Crippen molar-refractivity contribution in [3.63, 3.8) is 0 Å². The van der Waals surface area contributed by atoms with Crippen LogP contribution in [-0.4, -0.2) is 24.6 Å². The zero-order valence-electron chi connectivity index (χ0n) is 11.6. The zero-order chi connectivity index (χ0) is 12.8. The smallest absolute Gasteiger partial charge is 0.00808 e. The molecule has 0 aromatic heterocycles. The Kier molecular flexibility index (Phi) is 5.58. The van der Waals surface area contributed by atoms with Gasteiger partial charge in [0.15, 0.2) is 0 Å². The van der Waals surface area contributed by atoms with Gasteiger partial charge in [-0.1, -0.05) is 31.2 Å². The molecule has 2 unspecified atom stereocenters. The largest absolute Gasteiger partial charge is 0.314 e. The molecule has 0 radical (unpaired) electrons. The van der Waals surface area contributed by atoms with Crippen molar-refractivity contribution >= 4 is 11.8 Å². The molecule has 0 bridgehead atoms. The second kappa shape index (κ2) is 7.20. The van der Waals surface area contributed by atoms with Gasteiger partial charge >= 0.3 is 0 Å². The molecule has 0 saturated carbocycles. The fourth-order valence-corrected chi connectivity index (χ4v) is 3.35. The molecule has 0 spiro atoms. The lowest BCUT2D eigenvalue weighted by Gasteiger charge is -2.33. The molecule has 2 heteroatoms. The number of nitrogens with one attached hydrogen (secondary N) is 1. The van der Waals surface area contributed by atoms with Crippen LogP contribution in [0.3, 0.4) is 0 Å². The SMILES string of the molecule is CCCNC(CCSC)CC1Cc2ccccc21. The summed E-state index contributed by atoms with van der Waals surface area (Å²) in [6.45, 7) is 3.41. The molecule has 0 fully saturated rings. The van der Waals surface area contributed by atoms with Gasteiger partial charge in [-0.05, 0) is 61.3 Å². The summed E-state index contributed by atoms with van der Waals surface area (Å²) in [5.41, 5.74) is 3.17. The van der Waals surface area contributed by atoms with Crippen molar-refractivity contribution in [1.82, 2.24) is 5.32 Å². The summed E-state index contributed by atoms with van der Waals surface area (Å²) in [6.07, 6.45) is 7.35. The highest BCUT2D eigenvalue weighted by Crippen LogP contribution is 2.38. The Morgan fingerprint density at radius 1 is 1.39 bits per heavy atom. The zero-order valence-corrected chi connectivity index (χ0v) is 12.4. The van der Waals surface area contributed by atoms with E-state index in [-0.39, 0.29) is 0 Å². The molecule has 1 aromatic carbocycles. The van der Waals surface area contributed by atoms with E-state index in [9.17, 15) is 0 Å². The van der Waals surface area contributed by atoms with Gasteiger partial charge in [0.1, 0.15) is 0 Å². The molecule has 2 atom stereocenters. The van der Waals surface area contributed by atoms with E-state index < -0.39 is 0 Å². The highest BCUT2D eigenvalue weighted by Gasteiger charge is 2.27. The Hall–Kier alpha value is -0.470. The van der Waals surface area contributed by atoms with Crippen LogP contribution in [0.2, 0.25) is 0 Å². The molecule has 1 nitrogen and oxygen atoms in total. The van der Waals surface area contributed by atoms with Crippen LogP contribution >= 0.6 is 11.8 Å². The summed E-state index contributed by atoms with van der Waals surface area (Å²) in [5.74, 6) is 2.08. The fraction of sp³-hybridized carbons (Fsp3) is 0.625. The molecule has 0 amide bonds. The van der Waals surface area contributed by atoms with Gasteiger partial charge in [-0.25, -0.2) is 0 Å². The quantitative estimate of drug-likeness (QED) is 0.765. The van der Waals surface area contributed by atoms with Crippen LogP contribution in [0, 0.1) is 0 Å². The second-order valence-corrected chi connectivity index (χ2v) is 6.25. The summed E-state index contributed by atoms with van der Waals surface area (Å²) < 4.78 is 0. The Balaban J connectivity index is 1.85. The predicted molar refractivity (Wildman–Crippen MR) is 82.6 cm³/mol. The van der Waals surface area contributed by atoms with Gasteiger partial charge in [-0.2, -0.15) is 11.8 Å². The van der Waals surface area contributed by atoms with E-state index in [0.717, 1.165) is 12.5 Å². The Bertz CT molecular complexity index is 356. The van der Waals surface area contributed by atoms with E-state index in [0.29, 0.717) is 6.04 Å². The van der Waals surface area contributed by atoms with Crippen molar-refractivity contribution in [2.24, 2.45) is 0 Å². The lowest BCUT2D eigenvalue weighted by atomic mass is 9.74. The van der Waals surface area contributed by atoms with Crippen LogP contribution in [-0.2, 0) is 6.42 Å². The molecule has 0 aliphatic heterocycles. The van der Waals surface area contributed by atoms with Crippen molar-refractivity contribution in [1.29, 1.82) is 0 Å². The minimum absolute atomic E-state index is 0.704. The molecule has 0 heterocycles. The number of rotatable bonds is 8. The van der Waals surface area contributed by atoms with Crippen molar-refractivity contribution in [2.75, 3.05) is 18.6 Å². The molecule has 18 heavy (non-hydrogen) atoms. The van der Waals surface area contributed by atoms with E-state index in [1.54, 1.807) is 11.1 Å². The monoisotopic (exact) mass is 263 g/mol. The minimum atomic E-state index is 0.704. The highest BCUT2D eigenvalue weighted by molar-refractivity contribution is 7.98. The molecule has 100 valence electrons. The second-order valence-electron chi connectivity index (χ2n) is 5.27. The summed E-state index contributed by atoms with van der Waals surface area (Å²) in [6, 6.07) is 9.64. The summed E-state index contributed by atoms with van der Waals surface area (Å²) in [7, 11) is 0. The van der Waals surface area contributed by atoms with Crippen LogP contribution in [0.15, 0.2) is 24.3 Å². The van der Waals surface area contributed by atoms with Gasteiger partial charge in [0.25, 0.3) is 0 Å². The Morgan fingerprint density at radius 3 is 2.94 bits per heavy atom. The van der Waals surface area contributed by atoms with Gasteiger partial charge in [0.05, 0.1) is 0 Å². The van der Waals surface area contributed by atoms with Gasteiger partial charge in [-0.3, -0.25) is 0 Å². The number of hydrogen-bond donors (Lipinski definition) is 1. The third-order valence-electron chi connectivity index (χ3n) is 3.88. The average Bonchev–Trinajstić information content (AvgIpc) is 2.38.